The molecule has 2 amide bonds. The number of hydrogen-bond donors (Lipinski definition) is 2. The summed E-state index contributed by atoms with van der Waals surface area (Å²) in [6.07, 6.45) is -3.93. The molecule has 0 aromatic heterocycles. The van der Waals surface area contributed by atoms with E-state index in [1.165, 1.54) is 0 Å². The monoisotopic (exact) mass is 273 g/mol. The standard InChI is InChI=1S/C11H9F2NO5/c12-6-2-1-5(3-7(6)13)9-8(4-15)19-11(18)14(9)10(16)17/h1-3,8-9,15H,4H2,(H,16,17). The van der Waals surface area contributed by atoms with Crippen LogP contribution in [0.15, 0.2) is 18.2 Å². The van der Waals surface area contributed by atoms with Crippen molar-refractivity contribution in [3.63, 3.8) is 0 Å². The highest BCUT2D eigenvalue weighted by atomic mass is 19.2. The molecule has 19 heavy (non-hydrogen) atoms. The summed E-state index contributed by atoms with van der Waals surface area (Å²) in [5.41, 5.74) is 0.0196. The minimum absolute atomic E-state index is 0.0196. The van der Waals surface area contributed by atoms with Crippen molar-refractivity contribution in [3.8, 4) is 0 Å². The lowest BCUT2D eigenvalue weighted by molar-refractivity contribution is 0.0825. The van der Waals surface area contributed by atoms with Crippen LogP contribution >= 0.6 is 0 Å². The van der Waals surface area contributed by atoms with E-state index in [4.69, 9.17) is 10.2 Å². The third kappa shape index (κ3) is 2.22. The maximum atomic E-state index is 13.2. The van der Waals surface area contributed by atoms with Gasteiger partial charge in [-0.1, -0.05) is 6.07 Å². The smallest absolute Gasteiger partial charge is 0.420 e. The Kier molecular flexibility index (Phi) is 3.34. The predicted molar refractivity (Wildman–Crippen MR) is 56.3 cm³/mol. The lowest BCUT2D eigenvalue weighted by atomic mass is 10.0. The number of carbonyl (C=O) groups excluding carboxylic acids is 1. The fourth-order valence-electron chi connectivity index (χ4n) is 1.92. The Morgan fingerprint density at radius 2 is 2.05 bits per heavy atom. The van der Waals surface area contributed by atoms with Crippen molar-refractivity contribution >= 4 is 12.2 Å². The first-order valence-corrected chi connectivity index (χ1v) is 5.24. The van der Waals surface area contributed by atoms with Crippen LogP contribution in [0.25, 0.3) is 0 Å². The molecule has 2 rings (SSSR count). The molecule has 1 aromatic rings. The van der Waals surface area contributed by atoms with Crippen LogP contribution in [0, 0.1) is 11.6 Å². The number of amides is 2. The van der Waals surface area contributed by atoms with Gasteiger partial charge in [0, 0.05) is 0 Å². The van der Waals surface area contributed by atoms with Crippen molar-refractivity contribution in [1.82, 2.24) is 4.90 Å². The number of hydrogen-bond acceptors (Lipinski definition) is 4. The van der Waals surface area contributed by atoms with Gasteiger partial charge in [-0.25, -0.2) is 23.3 Å². The number of halogens is 2. The second-order valence-corrected chi connectivity index (χ2v) is 3.88. The summed E-state index contributed by atoms with van der Waals surface area (Å²) in [6, 6.07) is 1.48. The molecule has 2 unspecified atom stereocenters. The Morgan fingerprint density at radius 3 is 2.58 bits per heavy atom. The molecule has 0 saturated carbocycles. The van der Waals surface area contributed by atoms with Gasteiger partial charge in [0.15, 0.2) is 17.7 Å². The summed E-state index contributed by atoms with van der Waals surface area (Å²) < 4.78 is 30.7. The first-order valence-electron chi connectivity index (χ1n) is 5.24. The fraction of sp³-hybridized carbons (Fsp3) is 0.273. The Balaban J connectivity index is 2.45. The number of benzene rings is 1. The summed E-state index contributed by atoms with van der Waals surface area (Å²) in [5.74, 6) is -2.28. The molecule has 1 heterocycles. The van der Waals surface area contributed by atoms with Crippen molar-refractivity contribution in [2.24, 2.45) is 0 Å². The lowest BCUT2D eigenvalue weighted by Gasteiger charge is -2.20. The summed E-state index contributed by atoms with van der Waals surface area (Å²) in [6.45, 7) is -0.640. The molecule has 2 atom stereocenters. The molecule has 2 N–H and O–H groups in total. The molecule has 102 valence electrons. The first kappa shape index (κ1) is 13.2. The number of imide groups is 1. The average molecular weight is 273 g/mol. The quantitative estimate of drug-likeness (QED) is 0.852. The van der Waals surface area contributed by atoms with E-state index in [-0.39, 0.29) is 5.56 Å². The third-order valence-corrected chi connectivity index (χ3v) is 2.75. The van der Waals surface area contributed by atoms with Gasteiger partial charge < -0.3 is 14.9 Å². The van der Waals surface area contributed by atoms with Crippen molar-refractivity contribution in [2.45, 2.75) is 12.1 Å². The maximum Gasteiger partial charge on any atom is 0.420 e. The number of aliphatic hydroxyl groups excluding tert-OH is 1. The van der Waals surface area contributed by atoms with Crippen molar-refractivity contribution in [3.05, 3.63) is 35.4 Å². The zero-order valence-corrected chi connectivity index (χ0v) is 9.42. The molecule has 1 aliphatic heterocycles. The zero-order chi connectivity index (χ0) is 14.2. The van der Waals surface area contributed by atoms with Gasteiger partial charge in [0.25, 0.3) is 0 Å². The van der Waals surface area contributed by atoms with Crippen LogP contribution in [0.5, 0.6) is 0 Å². The summed E-state index contributed by atoms with van der Waals surface area (Å²) in [7, 11) is 0. The van der Waals surface area contributed by atoms with E-state index >= 15 is 0 Å². The SMILES string of the molecule is O=C(O)N1C(=O)OC(CO)C1c1ccc(F)c(F)c1. The van der Waals surface area contributed by atoms with E-state index in [1.54, 1.807) is 0 Å². The van der Waals surface area contributed by atoms with Crippen molar-refractivity contribution < 1.29 is 33.3 Å². The van der Waals surface area contributed by atoms with Gasteiger partial charge in [-0.2, -0.15) is 0 Å². The second-order valence-electron chi connectivity index (χ2n) is 3.88. The number of aliphatic hydroxyl groups is 1. The van der Waals surface area contributed by atoms with Crippen LogP contribution < -0.4 is 0 Å². The Labute approximate surface area is 105 Å². The fourth-order valence-corrected chi connectivity index (χ4v) is 1.92. The minimum atomic E-state index is -1.60. The molecule has 0 spiro atoms. The topological polar surface area (TPSA) is 87.1 Å². The predicted octanol–water partition coefficient (Wildman–Crippen LogP) is 1.50. The van der Waals surface area contributed by atoms with Crippen LogP contribution in [-0.4, -0.2) is 40.0 Å². The van der Waals surface area contributed by atoms with Gasteiger partial charge in [0.1, 0.15) is 6.04 Å². The van der Waals surface area contributed by atoms with Crippen LogP contribution in [-0.2, 0) is 4.74 Å². The normalized spacial score (nSPS) is 22.5. The van der Waals surface area contributed by atoms with E-state index in [0.717, 1.165) is 18.2 Å². The summed E-state index contributed by atoms with van der Waals surface area (Å²) in [5, 5.41) is 18.0. The van der Waals surface area contributed by atoms with Gasteiger partial charge >= 0.3 is 12.2 Å². The Bertz CT molecular complexity index is 536. The molecular formula is C11H9F2NO5. The van der Waals surface area contributed by atoms with E-state index in [9.17, 15) is 18.4 Å². The molecule has 1 aliphatic rings. The van der Waals surface area contributed by atoms with Crippen LogP contribution in [0.4, 0.5) is 18.4 Å². The van der Waals surface area contributed by atoms with Gasteiger partial charge in [0.05, 0.1) is 6.61 Å². The molecule has 1 saturated heterocycles. The first-order chi connectivity index (χ1) is 8.95. The number of nitrogens with zero attached hydrogens (tertiary/aromatic N) is 1. The molecule has 0 radical (unpaired) electrons. The Hall–Kier alpha value is -2.22. The number of cyclic esters (lactones) is 1. The molecule has 1 aromatic carbocycles. The highest BCUT2D eigenvalue weighted by Crippen LogP contribution is 2.33. The molecule has 1 fully saturated rings. The number of carbonyl (C=O) groups is 2. The second kappa shape index (κ2) is 4.81. The van der Waals surface area contributed by atoms with Crippen LogP contribution in [0.1, 0.15) is 11.6 Å². The van der Waals surface area contributed by atoms with Crippen LogP contribution in [0.2, 0.25) is 0 Å². The van der Waals surface area contributed by atoms with Gasteiger partial charge in [-0.15, -0.1) is 0 Å². The Morgan fingerprint density at radius 1 is 1.37 bits per heavy atom. The number of carboxylic acid groups (broad SMARTS) is 1. The largest absolute Gasteiger partial charge is 0.465 e. The molecule has 8 heteroatoms. The number of ether oxygens (including phenoxy) is 1. The van der Waals surface area contributed by atoms with Crippen LogP contribution in [0.3, 0.4) is 0 Å². The third-order valence-electron chi connectivity index (χ3n) is 2.75. The van der Waals surface area contributed by atoms with E-state index in [0.29, 0.717) is 4.90 Å². The zero-order valence-electron chi connectivity index (χ0n) is 9.42. The molecular weight excluding hydrogens is 264 g/mol. The summed E-state index contributed by atoms with van der Waals surface area (Å²) >= 11 is 0. The summed E-state index contributed by atoms with van der Waals surface area (Å²) in [4.78, 5) is 22.7. The average Bonchev–Trinajstić information content (AvgIpc) is 2.69. The molecule has 0 aliphatic carbocycles. The van der Waals surface area contributed by atoms with E-state index < -0.39 is 42.6 Å². The molecule has 6 nitrogen and oxygen atoms in total. The van der Waals surface area contributed by atoms with Crippen molar-refractivity contribution in [1.29, 1.82) is 0 Å². The van der Waals surface area contributed by atoms with E-state index in [1.807, 2.05) is 0 Å². The lowest BCUT2D eigenvalue weighted by Crippen LogP contribution is -2.34. The van der Waals surface area contributed by atoms with E-state index in [2.05, 4.69) is 4.74 Å². The van der Waals surface area contributed by atoms with Crippen molar-refractivity contribution in [2.75, 3.05) is 6.61 Å². The maximum absolute atomic E-state index is 13.2. The van der Waals surface area contributed by atoms with Gasteiger partial charge in [-0.05, 0) is 17.7 Å². The highest BCUT2D eigenvalue weighted by molar-refractivity contribution is 5.89. The van der Waals surface area contributed by atoms with Gasteiger partial charge in [0.2, 0.25) is 0 Å². The number of rotatable bonds is 2. The van der Waals surface area contributed by atoms with Gasteiger partial charge in [-0.3, -0.25) is 0 Å². The minimum Gasteiger partial charge on any atom is -0.465 e. The molecule has 0 bridgehead atoms. The highest BCUT2D eigenvalue weighted by Gasteiger charge is 2.46.